The van der Waals surface area contributed by atoms with Crippen molar-refractivity contribution in [3.8, 4) is 6.07 Å². The summed E-state index contributed by atoms with van der Waals surface area (Å²) in [7, 11) is 1.30. The van der Waals surface area contributed by atoms with Crippen LogP contribution in [0.2, 0.25) is 0 Å². The smallest absolute Gasteiger partial charge is 0.419 e. The molecule has 0 aliphatic carbocycles. The van der Waals surface area contributed by atoms with Crippen molar-refractivity contribution < 1.29 is 9.53 Å². The van der Waals surface area contributed by atoms with Crippen LogP contribution in [0.3, 0.4) is 0 Å². The van der Waals surface area contributed by atoms with Crippen molar-refractivity contribution in [1.29, 1.82) is 5.26 Å². The largest absolute Gasteiger partial charge is 0.452 e. The highest BCUT2D eigenvalue weighted by molar-refractivity contribution is 5.94. The van der Waals surface area contributed by atoms with Gasteiger partial charge >= 0.3 is 6.09 Å². The van der Waals surface area contributed by atoms with E-state index >= 15 is 0 Å². The van der Waals surface area contributed by atoms with Crippen LogP contribution in [0.4, 0.5) is 4.79 Å². The van der Waals surface area contributed by atoms with E-state index in [1.807, 2.05) is 31.2 Å². The summed E-state index contributed by atoms with van der Waals surface area (Å²) in [6, 6.07) is 9.40. The molecule has 0 amide bonds. The van der Waals surface area contributed by atoms with Gasteiger partial charge in [0.15, 0.2) is 0 Å². The Balaban J connectivity index is 2.90. The average molecular weight is 214 g/mol. The summed E-state index contributed by atoms with van der Waals surface area (Å²) in [4.78, 5) is 11.6. The summed E-state index contributed by atoms with van der Waals surface area (Å²) in [5.41, 5.74) is 1.82. The first-order valence-electron chi connectivity index (χ1n) is 4.79. The molecule has 0 atom stereocenters. The number of nitriles is 1. The lowest BCUT2D eigenvalue weighted by atomic mass is 10.2. The van der Waals surface area contributed by atoms with Gasteiger partial charge in [0.2, 0.25) is 0 Å². The van der Waals surface area contributed by atoms with Crippen molar-refractivity contribution in [2.24, 2.45) is 0 Å². The normalized spacial score (nSPS) is 10.1. The van der Waals surface area contributed by atoms with Crippen molar-refractivity contribution in [2.45, 2.75) is 6.92 Å². The molecule has 0 unspecified atom stereocenters. The number of hydrogen-bond donors (Lipinski definition) is 0. The Morgan fingerprint density at radius 2 is 2.12 bits per heavy atom. The number of aromatic nitrogens is 1. The lowest BCUT2D eigenvalue weighted by Crippen LogP contribution is -2.13. The maximum Gasteiger partial charge on any atom is 0.419 e. The van der Waals surface area contributed by atoms with Crippen molar-refractivity contribution in [3.05, 3.63) is 35.5 Å². The van der Waals surface area contributed by atoms with E-state index in [2.05, 4.69) is 4.74 Å². The molecule has 4 nitrogen and oxygen atoms in total. The summed E-state index contributed by atoms with van der Waals surface area (Å²) >= 11 is 0. The van der Waals surface area contributed by atoms with Crippen LogP contribution in [0, 0.1) is 18.3 Å². The number of nitrogens with zero attached hydrogens (tertiary/aromatic N) is 2. The molecule has 1 aromatic heterocycles. The van der Waals surface area contributed by atoms with Gasteiger partial charge in [-0.1, -0.05) is 18.2 Å². The molecule has 2 rings (SSSR count). The summed E-state index contributed by atoms with van der Waals surface area (Å²) in [5, 5.41) is 9.96. The van der Waals surface area contributed by atoms with E-state index in [0.717, 1.165) is 10.9 Å². The second-order valence-corrected chi connectivity index (χ2v) is 3.41. The van der Waals surface area contributed by atoms with E-state index in [0.29, 0.717) is 11.2 Å². The zero-order valence-electron chi connectivity index (χ0n) is 9.02. The molecular formula is C12H10N2O2. The number of carbonyl (C=O) groups is 1. The van der Waals surface area contributed by atoms with E-state index in [4.69, 9.17) is 5.26 Å². The molecule has 0 N–H and O–H groups in total. The maximum absolute atomic E-state index is 11.6. The van der Waals surface area contributed by atoms with Crippen molar-refractivity contribution in [1.82, 2.24) is 4.57 Å². The number of carbonyl (C=O) groups excluding carboxylic acids is 1. The van der Waals surface area contributed by atoms with Gasteiger partial charge in [0, 0.05) is 5.39 Å². The van der Waals surface area contributed by atoms with Crippen LogP contribution in [-0.4, -0.2) is 17.8 Å². The zero-order chi connectivity index (χ0) is 11.7. The van der Waals surface area contributed by atoms with Crippen LogP contribution in [0.25, 0.3) is 10.9 Å². The molecule has 0 aliphatic heterocycles. The van der Waals surface area contributed by atoms with Gasteiger partial charge in [-0.25, -0.2) is 9.36 Å². The van der Waals surface area contributed by atoms with Gasteiger partial charge in [-0.3, -0.25) is 0 Å². The van der Waals surface area contributed by atoms with Gasteiger partial charge in [-0.15, -0.1) is 0 Å². The van der Waals surface area contributed by atoms with Crippen molar-refractivity contribution in [3.63, 3.8) is 0 Å². The lowest BCUT2D eigenvalue weighted by Gasteiger charge is -2.02. The van der Waals surface area contributed by atoms with Crippen LogP contribution in [0.1, 0.15) is 11.3 Å². The van der Waals surface area contributed by atoms with Crippen LogP contribution < -0.4 is 0 Å². The maximum atomic E-state index is 11.6. The summed E-state index contributed by atoms with van der Waals surface area (Å²) in [6.45, 7) is 1.82. The van der Waals surface area contributed by atoms with Crippen LogP contribution >= 0.6 is 0 Å². The first-order chi connectivity index (χ1) is 7.70. The van der Waals surface area contributed by atoms with E-state index in [9.17, 15) is 4.79 Å². The molecule has 4 heteroatoms. The zero-order valence-corrected chi connectivity index (χ0v) is 9.02. The quantitative estimate of drug-likeness (QED) is 0.676. The van der Waals surface area contributed by atoms with Gasteiger partial charge in [-0.2, -0.15) is 5.26 Å². The summed E-state index contributed by atoms with van der Waals surface area (Å²) < 4.78 is 5.97. The number of para-hydroxylation sites is 1. The molecule has 1 aromatic carbocycles. The van der Waals surface area contributed by atoms with E-state index < -0.39 is 6.09 Å². The molecule has 0 fully saturated rings. The number of benzene rings is 1. The lowest BCUT2D eigenvalue weighted by molar-refractivity contribution is 0.174. The molecule has 1 heterocycles. The Bertz CT molecular complexity index is 605. The van der Waals surface area contributed by atoms with Crippen molar-refractivity contribution >= 4 is 17.0 Å². The minimum absolute atomic E-state index is 0.327. The van der Waals surface area contributed by atoms with E-state index in [1.54, 1.807) is 6.07 Å². The van der Waals surface area contributed by atoms with Gasteiger partial charge in [0.1, 0.15) is 11.8 Å². The molecule has 0 aliphatic rings. The Morgan fingerprint density at radius 3 is 2.75 bits per heavy atom. The number of ether oxygens (including phenoxy) is 1. The van der Waals surface area contributed by atoms with Gasteiger partial charge < -0.3 is 4.74 Å². The first-order valence-corrected chi connectivity index (χ1v) is 4.79. The highest BCUT2D eigenvalue weighted by Gasteiger charge is 2.18. The third kappa shape index (κ3) is 1.26. The van der Waals surface area contributed by atoms with E-state index in [-0.39, 0.29) is 0 Å². The summed E-state index contributed by atoms with van der Waals surface area (Å²) in [5.74, 6) is 0. The molecule has 0 bridgehead atoms. The highest BCUT2D eigenvalue weighted by Crippen LogP contribution is 2.24. The van der Waals surface area contributed by atoms with Crippen LogP contribution in [0.5, 0.6) is 0 Å². The predicted octanol–water partition coefficient (Wildman–Crippen LogP) is 2.44. The molecule has 2 aromatic rings. The Morgan fingerprint density at radius 1 is 1.44 bits per heavy atom. The van der Waals surface area contributed by atoms with Gasteiger partial charge in [-0.05, 0) is 18.6 Å². The van der Waals surface area contributed by atoms with Crippen LogP contribution in [-0.2, 0) is 4.74 Å². The monoisotopic (exact) mass is 214 g/mol. The average Bonchev–Trinajstić information content (AvgIpc) is 2.62. The molecule has 16 heavy (non-hydrogen) atoms. The number of hydrogen-bond acceptors (Lipinski definition) is 3. The Hall–Kier alpha value is -2.28. The fourth-order valence-corrected chi connectivity index (χ4v) is 1.82. The Labute approximate surface area is 92.7 Å². The van der Waals surface area contributed by atoms with Gasteiger partial charge in [0.05, 0.1) is 12.6 Å². The molecule has 0 radical (unpaired) electrons. The second kappa shape index (κ2) is 3.70. The predicted molar refractivity (Wildman–Crippen MR) is 59.2 cm³/mol. The fraction of sp³-hybridized carbons (Fsp3) is 0.167. The number of aryl methyl sites for hydroxylation is 1. The van der Waals surface area contributed by atoms with Crippen molar-refractivity contribution in [2.75, 3.05) is 7.11 Å². The first kappa shape index (κ1) is 10.2. The Kier molecular flexibility index (Phi) is 2.37. The fourth-order valence-electron chi connectivity index (χ4n) is 1.82. The number of rotatable bonds is 0. The molecule has 80 valence electrons. The van der Waals surface area contributed by atoms with Crippen LogP contribution in [0.15, 0.2) is 24.3 Å². The van der Waals surface area contributed by atoms with E-state index in [1.165, 1.54) is 11.7 Å². The standard InChI is InChI=1S/C12H10N2O2/c1-8-9-5-3-4-6-10(9)14(11(8)7-13)12(15)16-2/h3-6H,1-2H3. The van der Waals surface area contributed by atoms with Gasteiger partial charge in [0.25, 0.3) is 0 Å². The molecular weight excluding hydrogens is 204 g/mol. The minimum atomic E-state index is -0.541. The topological polar surface area (TPSA) is 55.0 Å². The number of fused-ring (bicyclic) bond motifs is 1. The molecule has 0 saturated carbocycles. The molecule has 0 saturated heterocycles. The SMILES string of the molecule is COC(=O)n1c(C#N)c(C)c2ccccc21. The number of methoxy groups -OCH3 is 1. The third-order valence-corrected chi connectivity index (χ3v) is 2.59. The third-order valence-electron chi connectivity index (χ3n) is 2.59. The molecule has 0 spiro atoms. The summed E-state index contributed by atoms with van der Waals surface area (Å²) in [6.07, 6.45) is -0.541. The minimum Gasteiger partial charge on any atom is -0.452 e. The highest BCUT2D eigenvalue weighted by atomic mass is 16.5. The second-order valence-electron chi connectivity index (χ2n) is 3.41.